The van der Waals surface area contributed by atoms with Crippen LogP contribution >= 0.6 is 0 Å². The molecule has 3 aliphatic carbocycles. The van der Waals surface area contributed by atoms with E-state index in [9.17, 15) is 4.39 Å². The fourth-order valence-corrected chi connectivity index (χ4v) is 4.66. The van der Waals surface area contributed by atoms with E-state index in [2.05, 4.69) is 5.32 Å². The van der Waals surface area contributed by atoms with Gasteiger partial charge in [-0.05, 0) is 62.3 Å². The third-order valence-electron chi connectivity index (χ3n) is 5.15. The van der Waals surface area contributed by atoms with E-state index < -0.39 is 0 Å². The van der Waals surface area contributed by atoms with E-state index in [1.165, 1.54) is 32.1 Å². The minimum absolute atomic E-state index is 0.167. The first-order valence-electron chi connectivity index (χ1n) is 6.69. The van der Waals surface area contributed by atoms with Gasteiger partial charge in [0, 0.05) is 6.04 Å². The molecule has 0 saturated heterocycles. The van der Waals surface area contributed by atoms with Gasteiger partial charge in [-0.15, -0.1) is 0 Å². The maximum Gasteiger partial charge on any atom is 0.0906 e. The number of hydrogen-bond acceptors (Lipinski definition) is 1. The summed E-state index contributed by atoms with van der Waals surface area (Å²) in [5, 5.41) is 3.59. The number of halogens is 1. The Morgan fingerprint density at radius 2 is 1.93 bits per heavy atom. The van der Waals surface area contributed by atoms with Gasteiger partial charge in [0.2, 0.25) is 0 Å². The van der Waals surface area contributed by atoms with Gasteiger partial charge in [-0.25, -0.2) is 0 Å². The van der Waals surface area contributed by atoms with Crippen LogP contribution in [0, 0.1) is 23.7 Å². The summed E-state index contributed by atoms with van der Waals surface area (Å²) in [6.07, 6.45) is 8.01. The van der Waals surface area contributed by atoms with Crippen molar-refractivity contribution >= 4 is 0 Å². The Kier molecular flexibility index (Phi) is 2.71. The lowest BCUT2D eigenvalue weighted by atomic mass is 9.79. The van der Waals surface area contributed by atoms with Crippen LogP contribution in [0.5, 0.6) is 0 Å². The summed E-state index contributed by atoms with van der Waals surface area (Å²) in [7, 11) is 0. The molecule has 0 aromatic rings. The fourth-order valence-electron chi connectivity index (χ4n) is 4.66. The normalized spacial score (nSPS) is 47.4. The largest absolute Gasteiger partial charge is 0.314 e. The number of fused-ring (bicyclic) bond motifs is 5. The molecule has 0 spiro atoms. The Morgan fingerprint density at radius 3 is 2.80 bits per heavy atom. The van der Waals surface area contributed by atoms with Crippen LogP contribution in [0.3, 0.4) is 0 Å². The fraction of sp³-hybridized carbons (Fsp3) is 1.00. The van der Waals surface area contributed by atoms with Crippen molar-refractivity contribution in [1.82, 2.24) is 5.32 Å². The van der Waals surface area contributed by atoms with Crippen molar-refractivity contribution in [3.05, 3.63) is 0 Å². The van der Waals surface area contributed by atoms with Gasteiger partial charge in [0.05, 0.1) is 6.67 Å². The predicted molar refractivity (Wildman–Crippen MR) is 59.4 cm³/mol. The maximum absolute atomic E-state index is 12.0. The molecule has 0 aromatic carbocycles. The maximum atomic E-state index is 12.0. The van der Waals surface area contributed by atoms with Gasteiger partial charge in [0.15, 0.2) is 0 Å². The van der Waals surface area contributed by atoms with Crippen molar-refractivity contribution in [1.29, 1.82) is 0 Å². The quantitative estimate of drug-likeness (QED) is 0.705. The molecule has 0 aliphatic heterocycles. The van der Waals surface area contributed by atoms with Gasteiger partial charge in [-0.1, -0.05) is 6.42 Å². The molecule has 15 heavy (non-hydrogen) atoms. The van der Waals surface area contributed by atoms with Crippen LogP contribution in [0.15, 0.2) is 0 Å². The van der Waals surface area contributed by atoms with Crippen molar-refractivity contribution in [3.63, 3.8) is 0 Å². The highest BCUT2D eigenvalue weighted by molar-refractivity contribution is 5.05. The van der Waals surface area contributed by atoms with E-state index in [1.54, 1.807) is 0 Å². The molecular weight excluding hydrogens is 189 g/mol. The molecule has 0 heterocycles. The Balaban J connectivity index is 1.56. The second-order valence-corrected chi connectivity index (χ2v) is 5.76. The molecule has 86 valence electrons. The van der Waals surface area contributed by atoms with E-state index in [1.807, 2.05) is 0 Å². The Bertz CT molecular complexity index is 231. The first-order chi connectivity index (χ1) is 7.40. The standard InChI is InChI=1S/C13H22FN/c14-5-2-6-15-13-8-9-7-12(13)11-4-1-3-10(9)11/h9-13,15H,1-8H2. The third-order valence-corrected chi connectivity index (χ3v) is 5.15. The summed E-state index contributed by atoms with van der Waals surface area (Å²) in [6.45, 7) is 0.724. The highest BCUT2D eigenvalue weighted by Crippen LogP contribution is 2.58. The predicted octanol–water partition coefficient (Wildman–Crippen LogP) is 2.76. The summed E-state index contributed by atoms with van der Waals surface area (Å²) in [4.78, 5) is 0. The molecule has 0 aromatic heterocycles. The third kappa shape index (κ3) is 1.61. The summed E-state index contributed by atoms with van der Waals surface area (Å²) >= 11 is 0. The van der Waals surface area contributed by atoms with E-state index in [0.717, 1.165) is 36.3 Å². The van der Waals surface area contributed by atoms with Crippen molar-refractivity contribution in [3.8, 4) is 0 Å². The number of hydrogen-bond donors (Lipinski definition) is 1. The van der Waals surface area contributed by atoms with Crippen LogP contribution in [-0.2, 0) is 0 Å². The van der Waals surface area contributed by atoms with Gasteiger partial charge in [-0.2, -0.15) is 0 Å². The van der Waals surface area contributed by atoms with Crippen LogP contribution in [0.1, 0.15) is 38.5 Å². The minimum Gasteiger partial charge on any atom is -0.314 e. The van der Waals surface area contributed by atoms with Gasteiger partial charge >= 0.3 is 0 Å². The summed E-state index contributed by atoms with van der Waals surface area (Å²) in [6, 6.07) is 0.737. The first-order valence-corrected chi connectivity index (χ1v) is 6.69. The minimum atomic E-state index is -0.167. The molecule has 3 saturated carbocycles. The summed E-state index contributed by atoms with van der Waals surface area (Å²) in [5.41, 5.74) is 0. The Morgan fingerprint density at radius 1 is 1.07 bits per heavy atom. The van der Waals surface area contributed by atoms with Crippen LogP contribution in [0.2, 0.25) is 0 Å². The van der Waals surface area contributed by atoms with E-state index in [-0.39, 0.29) is 6.67 Å². The molecule has 5 unspecified atom stereocenters. The molecule has 0 radical (unpaired) electrons. The second kappa shape index (κ2) is 4.04. The SMILES string of the molecule is FCCCNC1CC2CC1C1CCCC21. The topological polar surface area (TPSA) is 12.0 Å². The Hall–Kier alpha value is -0.110. The molecule has 5 atom stereocenters. The zero-order valence-electron chi connectivity index (χ0n) is 9.42. The smallest absolute Gasteiger partial charge is 0.0906 e. The lowest BCUT2D eigenvalue weighted by Gasteiger charge is -2.32. The molecule has 2 bridgehead atoms. The van der Waals surface area contributed by atoms with Gasteiger partial charge < -0.3 is 5.32 Å². The zero-order chi connectivity index (χ0) is 10.3. The van der Waals surface area contributed by atoms with Crippen LogP contribution in [-0.4, -0.2) is 19.3 Å². The van der Waals surface area contributed by atoms with Gasteiger partial charge in [0.25, 0.3) is 0 Å². The van der Waals surface area contributed by atoms with E-state index in [4.69, 9.17) is 0 Å². The number of rotatable bonds is 4. The van der Waals surface area contributed by atoms with Crippen molar-refractivity contribution < 1.29 is 4.39 Å². The van der Waals surface area contributed by atoms with Crippen LogP contribution in [0.4, 0.5) is 4.39 Å². The molecule has 3 aliphatic rings. The highest BCUT2D eigenvalue weighted by Gasteiger charge is 2.53. The lowest BCUT2D eigenvalue weighted by molar-refractivity contribution is 0.208. The van der Waals surface area contributed by atoms with Crippen molar-refractivity contribution in [2.75, 3.05) is 13.2 Å². The molecule has 2 heteroatoms. The van der Waals surface area contributed by atoms with Crippen LogP contribution in [0.25, 0.3) is 0 Å². The number of alkyl halides is 1. The average Bonchev–Trinajstić information content (AvgIpc) is 2.89. The van der Waals surface area contributed by atoms with Crippen molar-refractivity contribution in [2.24, 2.45) is 23.7 Å². The average molecular weight is 211 g/mol. The van der Waals surface area contributed by atoms with Gasteiger partial charge in [0.1, 0.15) is 0 Å². The van der Waals surface area contributed by atoms with Crippen LogP contribution < -0.4 is 5.32 Å². The highest BCUT2D eigenvalue weighted by atomic mass is 19.1. The van der Waals surface area contributed by atoms with E-state index in [0.29, 0.717) is 6.42 Å². The zero-order valence-corrected chi connectivity index (χ0v) is 9.42. The van der Waals surface area contributed by atoms with E-state index >= 15 is 0 Å². The number of nitrogens with one attached hydrogen (secondary N) is 1. The second-order valence-electron chi connectivity index (χ2n) is 5.76. The molecule has 0 amide bonds. The molecule has 1 N–H and O–H groups in total. The van der Waals surface area contributed by atoms with Gasteiger partial charge in [-0.3, -0.25) is 4.39 Å². The monoisotopic (exact) mass is 211 g/mol. The molecule has 1 nitrogen and oxygen atoms in total. The Labute approximate surface area is 91.8 Å². The summed E-state index contributed by atoms with van der Waals surface area (Å²) < 4.78 is 12.0. The lowest BCUT2D eigenvalue weighted by Crippen LogP contribution is -2.39. The van der Waals surface area contributed by atoms with Crippen molar-refractivity contribution in [2.45, 2.75) is 44.6 Å². The molecule has 3 rings (SSSR count). The molecule has 3 fully saturated rings. The first kappa shape index (κ1) is 10.1. The summed E-state index contributed by atoms with van der Waals surface area (Å²) in [5.74, 6) is 4.08. The molecular formula is C13H22FN.